The normalized spacial score (nSPS) is 15.6. The minimum absolute atomic E-state index is 0.0177. The molecule has 2 aromatic carbocycles. The third-order valence-electron chi connectivity index (χ3n) is 4.64. The lowest BCUT2D eigenvalue weighted by Gasteiger charge is -2.33. The van der Waals surface area contributed by atoms with Crippen LogP contribution < -0.4 is 14.4 Å². The molecule has 0 bridgehead atoms. The number of hydrogen-bond acceptors (Lipinski definition) is 5. The van der Waals surface area contributed by atoms with Crippen LogP contribution in [0, 0.1) is 0 Å². The monoisotopic (exact) mass is 511 g/mol. The van der Waals surface area contributed by atoms with Gasteiger partial charge in [0.25, 0.3) is 15.9 Å². The van der Waals surface area contributed by atoms with Gasteiger partial charge in [0.2, 0.25) is 0 Å². The first-order valence-corrected chi connectivity index (χ1v) is 12.0. The van der Waals surface area contributed by atoms with Crippen LogP contribution in [0.25, 0.3) is 0 Å². The summed E-state index contributed by atoms with van der Waals surface area (Å²) >= 11 is 18.2. The van der Waals surface area contributed by atoms with E-state index in [1.807, 2.05) is 0 Å². The molecule has 7 nitrogen and oxygen atoms in total. The second-order valence-corrected chi connectivity index (χ2v) is 10.1. The van der Waals surface area contributed by atoms with Gasteiger partial charge in [0.05, 0.1) is 27.0 Å². The van der Waals surface area contributed by atoms with Gasteiger partial charge in [-0.1, -0.05) is 46.9 Å². The molecule has 166 valence electrons. The second kappa shape index (κ2) is 8.78. The summed E-state index contributed by atoms with van der Waals surface area (Å²) in [6.07, 6.45) is -0.416. The highest BCUT2D eigenvalue weighted by Gasteiger charge is 2.34. The smallest absolute Gasteiger partial charge is 0.265 e. The van der Waals surface area contributed by atoms with Crippen LogP contribution in [0.1, 0.15) is 17.3 Å². The van der Waals surface area contributed by atoms with E-state index >= 15 is 0 Å². The maximum absolute atomic E-state index is 13.3. The number of carbonyl (C=O) groups is 1. The average Bonchev–Trinajstić information content (AvgIpc) is 2.73. The van der Waals surface area contributed by atoms with Crippen LogP contribution in [0.3, 0.4) is 0 Å². The number of fused-ring (bicyclic) bond motifs is 1. The van der Waals surface area contributed by atoms with Gasteiger partial charge >= 0.3 is 0 Å². The molecule has 0 saturated heterocycles. The number of hydrogen-bond donors (Lipinski definition) is 1. The number of aromatic nitrogens is 1. The fourth-order valence-electron chi connectivity index (χ4n) is 3.21. The Balaban J connectivity index is 1.72. The van der Waals surface area contributed by atoms with E-state index in [0.29, 0.717) is 0 Å². The second-order valence-electron chi connectivity index (χ2n) is 6.99. The highest BCUT2D eigenvalue weighted by molar-refractivity contribution is 7.92. The van der Waals surface area contributed by atoms with E-state index in [2.05, 4.69) is 10.3 Å². The van der Waals surface area contributed by atoms with Crippen LogP contribution in [0.4, 0.5) is 11.6 Å². The lowest BCUT2D eigenvalue weighted by Crippen LogP contribution is -2.43. The van der Waals surface area contributed by atoms with E-state index in [0.717, 1.165) is 4.31 Å². The summed E-state index contributed by atoms with van der Waals surface area (Å²) in [6, 6.07) is 13.7. The number of anilines is 2. The average molecular weight is 513 g/mol. The van der Waals surface area contributed by atoms with Crippen LogP contribution in [-0.2, 0) is 10.0 Å². The molecule has 4 rings (SSSR count). The molecule has 0 saturated carbocycles. The molecule has 1 atom stereocenters. The molecule has 0 unspecified atom stereocenters. The topological polar surface area (TPSA) is 88.6 Å². The Bertz CT molecular complexity index is 1300. The van der Waals surface area contributed by atoms with Gasteiger partial charge in [-0.05, 0) is 49.4 Å². The summed E-state index contributed by atoms with van der Waals surface area (Å²) in [6.45, 7) is 1.78. The summed E-state index contributed by atoms with van der Waals surface area (Å²) in [4.78, 5) is 17.1. The Kier molecular flexibility index (Phi) is 6.22. The van der Waals surface area contributed by atoms with Crippen molar-refractivity contribution in [2.45, 2.75) is 17.9 Å². The third kappa shape index (κ3) is 4.36. The highest BCUT2D eigenvalue weighted by atomic mass is 35.5. The predicted molar refractivity (Wildman–Crippen MR) is 125 cm³/mol. The summed E-state index contributed by atoms with van der Waals surface area (Å²) in [5, 5.41) is 3.25. The van der Waals surface area contributed by atoms with Crippen LogP contribution in [0.15, 0.2) is 59.5 Å². The fraction of sp³-hybridized carbons (Fsp3) is 0.143. The molecule has 1 amide bonds. The van der Waals surface area contributed by atoms with Gasteiger partial charge in [0.1, 0.15) is 11.9 Å². The van der Waals surface area contributed by atoms with E-state index in [1.54, 1.807) is 31.2 Å². The lowest BCUT2D eigenvalue weighted by atomic mass is 10.2. The number of halogens is 3. The van der Waals surface area contributed by atoms with Gasteiger partial charge in [-0.2, -0.15) is 0 Å². The third-order valence-corrected chi connectivity index (χ3v) is 7.26. The summed E-state index contributed by atoms with van der Waals surface area (Å²) in [5.74, 6) is -0.161. The molecule has 3 aromatic rings. The first-order chi connectivity index (χ1) is 15.2. The number of nitrogens with zero attached hydrogens (tertiary/aromatic N) is 2. The van der Waals surface area contributed by atoms with Crippen molar-refractivity contribution in [2.24, 2.45) is 0 Å². The number of amides is 1. The first-order valence-electron chi connectivity index (χ1n) is 9.38. The lowest BCUT2D eigenvalue weighted by molar-refractivity contribution is 0.102. The van der Waals surface area contributed by atoms with Crippen molar-refractivity contribution in [1.82, 2.24) is 4.98 Å². The molecular weight excluding hydrogens is 497 g/mol. The van der Waals surface area contributed by atoms with E-state index in [-0.39, 0.29) is 49.5 Å². The number of benzene rings is 2. The van der Waals surface area contributed by atoms with Gasteiger partial charge in [-0.15, -0.1) is 0 Å². The minimum atomic E-state index is -3.99. The van der Waals surface area contributed by atoms with E-state index in [1.165, 1.54) is 30.3 Å². The molecule has 1 aromatic heterocycles. The summed E-state index contributed by atoms with van der Waals surface area (Å²) < 4.78 is 33.6. The zero-order chi connectivity index (χ0) is 23.0. The minimum Gasteiger partial charge on any atom is -0.485 e. The number of pyridine rings is 1. The Morgan fingerprint density at radius 3 is 2.47 bits per heavy atom. The molecule has 1 N–H and O–H groups in total. The SMILES string of the molecule is C[C@H]1CN(S(=O)(=O)c2cccc(Cl)c2)c2nc(NC(=O)c3c(Cl)cccc3Cl)ccc2O1. The van der Waals surface area contributed by atoms with Gasteiger partial charge in [-0.3, -0.25) is 4.79 Å². The maximum Gasteiger partial charge on any atom is 0.265 e. The summed E-state index contributed by atoms with van der Waals surface area (Å²) in [5.41, 5.74) is 0.0867. The number of sulfonamides is 1. The standard InChI is InChI=1S/C21H16Cl3N3O4S/c1-12-11-27(32(29,30)14-5-2-4-13(22)10-14)20-17(31-12)8-9-18(25-20)26-21(28)19-15(23)6-3-7-16(19)24/h2-10,12H,11H2,1H3,(H,25,26,28)/t12-/m0/s1. The molecular formula is C21H16Cl3N3O4S. The van der Waals surface area contributed by atoms with Gasteiger partial charge in [0, 0.05) is 5.02 Å². The van der Waals surface area contributed by atoms with Crippen LogP contribution >= 0.6 is 34.8 Å². The molecule has 1 aliphatic rings. The quantitative estimate of drug-likeness (QED) is 0.514. The zero-order valence-corrected chi connectivity index (χ0v) is 19.6. The van der Waals surface area contributed by atoms with Crippen molar-refractivity contribution in [3.05, 3.63) is 75.2 Å². The number of rotatable bonds is 4. The molecule has 1 aliphatic heterocycles. The molecule has 0 fully saturated rings. The Morgan fingerprint density at radius 1 is 1.09 bits per heavy atom. The van der Waals surface area contributed by atoms with Crippen molar-refractivity contribution in [3.8, 4) is 5.75 Å². The largest absolute Gasteiger partial charge is 0.485 e. The Morgan fingerprint density at radius 2 is 1.78 bits per heavy atom. The highest BCUT2D eigenvalue weighted by Crippen LogP contribution is 2.37. The number of carbonyl (C=O) groups excluding carboxylic acids is 1. The van der Waals surface area contributed by atoms with Crippen molar-refractivity contribution in [3.63, 3.8) is 0 Å². The van der Waals surface area contributed by atoms with E-state index in [9.17, 15) is 13.2 Å². The van der Waals surface area contributed by atoms with Crippen LogP contribution in [0.2, 0.25) is 15.1 Å². The summed E-state index contributed by atoms with van der Waals surface area (Å²) in [7, 11) is -3.99. The molecule has 11 heteroatoms. The van der Waals surface area contributed by atoms with Gasteiger partial charge in [-0.25, -0.2) is 17.7 Å². The Hall–Kier alpha value is -2.52. The van der Waals surface area contributed by atoms with Gasteiger partial charge in [0.15, 0.2) is 11.6 Å². The number of nitrogens with one attached hydrogen (secondary N) is 1. The van der Waals surface area contributed by atoms with Crippen LogP contribution in [0.5, 0.6) is 5.75 Å². The first kappa shape index (κ1) is 22.7. The molecule has 0 radical (unpaired) electrons. The van der Waals surface area contributed by atoms with Crippen LogP contribution in [-0.4, -0.2) is 32.0 Å². The van der Waals surface area contributed by atoms with E-state index in [4.69, 9.17) is 39.5 Å². The Labute approximate surface area is 199 Å². The predicted octanol–water partition coefficient (Wildman–Crippen LogP) is 5.27. The molecule has 32 heavy (non-hydrogen) atoms. The van der Waals surface area contributed by atoms with Crippen molar-refractivity contribution in [1.29, 1.82) is 0 Å². The van der Waals surface area contributed by atoms with Gasteiger partial charge < -0.3 is 10.1 Å². The fourth-order valence-corrected chi connectivity index (χ4v) is 5.58. The molecule has 0 spiro atoms. The maximum atomic E-state index is 13.3. The number of ether oxygens (including phenoxy) is 1. The van der Waals surface area contributed by atoms with Crippen molar-refractivity contribution < 1.29 is 17.9 Å². The van der Waals surface area contributed by atoms with Crippen molar-refractivity contribution >= 4 is 62.4 Å². The zero-order valence-electron chi connectivity index (χ0n) is 16.6. The van der Waals surface area contributed by atoms with E-state index < -0.39 is 22.0 Å². The van der Waals surface area contributed by atoms with Crippen molar-refractivity contribution in [2.75, 3.05) is 16.2 Å². The molecule has 0 aliphatic carbocycles. The molecule has 2 heterocycles.